The maximum absolute atomic E-state index is 6.30. The lowest BCUT2D eigenvalue weighted by molar-refractivity contribution is 0.0208. The molecule has 0 heterocycles. The fourth-order valence-electron chi connectivity index (χ4n) is 2.40. The summed E-state index contributed by atoms with van der Waals surface area (Å²) in [5.74, 6) is 0.775. The van der Waals surface area contributed by atoms with Crippen molar-refractivity contribution in [2.24, 2.45) is 11.7 Å². The Morgan fingerprint density at radius 2 is 1.76 bits per heavy atom. The Morgan fingerprint density at radius 1 is 1.12 bits per heavy atom. The van der Waals surface area contributed by atoms with Crippen molar-refractivity contribution in [3.05, 3.63) is 0 Å². The molecule has 0 aromatic carbocycles. The lowest BCUT2D eigenvalue weighted by Crippen LogP contribution is -2.38. The number of nitrogens with two attached hydrogens (primary N) is 1. The molecule has 0 bridgehead atoms. The van der Waals surface area contributed by atoms with E-state index in [0.717, 1.165) is 31.8 Å². The van der Waals surface area contributed by atoms with Crippen molar-refractivity contribution in [1.29, 1.82) is 0 Å². The molecule has 0 radical (unpaired) electrons. The third kappa shape index (κ3) is 6.36. The smallest absolute Gasteiger partial charge is 0.0701 e. The topological polar surface area (TPSA) is 53.7 Å². The molecule has 1 aliphatic rings. The average Bonchev–Trinajstić information content (AvgIpc) is 2.63. The Bertz CT molecular complexity index is 201. The second kappa shape index (κ2) is 8.03. The number of methoxy groups -OCH3 is 1. The summed E-state index contributed by atoms with van der Waals surface area (Å²) in [4.78, 5) is 0. The first-order chi connectivity index (χ1) is 8.16. The average molecular weight is 245 g/mol. The van der Waals surface area contributed by atoms with Crippen molar-refractivity contribution >= 4 is 0 Å². The highest BCUT2D eigenvalue weighted by molar-refractivity contribution is 4.91. The predicted molar refractivity (Wildman–Crippen MR) is 68.1 cm³/mol. The summed E-state index contributed by atoms with van der Waals surface area (Å²) in [5.41, 5.74) is 6.33. The summed E-state index contributed by atoms with van der Waals surface area (Å²) in [6.07, 6.45) is 4.51. The molecule has 0 amide bonds. The monoisotopic (exact) mass is 245 g/mol. The van der Waals surface area contributed by atoms with Crippen molar-refractivity contribution in [2.45, 2.75) is 38.1 Å². The van der Waals surface area contributed by atoms with Crippen molar-refractivity contribution in [3.63, 3.8) is 0 Å². The first-order valence-electron chi connectivity index (χ1n) is 6.59. The largest absolute Gasteiger partial charge is 0.382 e. The molecule has 1 saturated carbocycles. The molecule has 102 valence electrons. The van der Waals surface area contributed by atoms with E-state index in [1.807, 2.05) is 0 Å². The van der Waals surface area contributed by atoms with Gasteiger partial charge in [-0.1, -0.05) is 6.92 Å². The van der Waals surface area contributed by atoms with Crippen LogP contribution in [-0.2, 0) is 14.2 Å². The molecule has 2 unspecified atom stereocenters. The molecule has 0 aliphatic heterocycles. The second-order valence-electron chi connectivity index (χ2n) is 5.18. The Morgan fingerprint density at radius 3 is 2.35 bits per heavy atom. The number of hydrogen-bond acceptors (Lipinski definition) is 4. The zero-order valence-electron chi connectivity index (χ0n) is 11.2. The zero-order valence-corrected chi connectivity index (χ0v) is 11.2. The van der Waals surface area contributed by atoms with Crippen LogP contribution in [0.15, 0.2) is 0 Å². The molecule has 1 rings (SSSR count). The maximum Gasteiger partial charge on any atom is 0.0701 e. The second-order valence-corrected chi connectivity index (χ2v) is 5.18. The van der Waals surface area contributed by atoms with Crippen molar-refractivity contribution in [1.82, 2.24) is 0 Å². The van der Waals surface area contributed by atoms with Gasteiger partial charge in [-0.25, -0.2) is 0 Å². The normalized spacial score (nSPS) is 28.8. The summed E-state index contributed by atoms with van der Waals surface area (Å²) in [6.45, 7) is 5.59. The summed E-state index contributed by atoms with van der Waals surface area (Å²) in [6, 6.07) is 0. The summed E-state index contributed by atoms with van der Waals surface area (Å²) in [5, 5.41) is 0. The van der Waals surface area contributed by atoms with Gasteiger partial charge in [0.2, 0.25) is 0 Å². The number of ether oxygens (including phenoxy) is 3. The summed E-state index contributed by atoms with van der Waals surface area (Å²) >= 11 is 0. The SMILES string of the molecule is COCCOCCOCCC1(N)CCC(C)C1. The highest BCUT2D eigenvalue weighted by Crippen LogP contribution is 2.34. The van der Waals surface area contributed by atoms with Crippen molar-refractivity contribution < 1.29 is 14.2 Å². The van der Waals surface area contributed by atoms with Gasteiger partial charge in [-0.15, -0.1) is 0 Å². The molecule has 0 saturated heterocycles. The van der Waals surface area contributed by atoms with E-state index in [9.17, 15) is 0 Å². The van der Waals surface area contributed by atoms with E-state index in [-0.39, 0.29) is 5.54 Å². The first-order valence-corrected chi connectivity index (χ1v) is 6.59. The van der Waals surface area contributed by atoms with Crippen LogP contribution >= 0.6 is 0 Å². The van der Waals surface area contributed by atoms with E-state index in [0.29, 0.717) is 26.4 Å². The minimum atomic E-state index is 0.0241. The predicted octanol–water partition coefficient (Wildman–Crippen LogP) is 1.57. The maximum atomic E-state index is 6.30. The molecule has 17 heavy (non-hydrogen) atoms. The fourth-order valence-corrected chi connectivity index (χ4v) is 2.40. The van der Waals surface area contributed by atoms with Gasteiger partial charge in [0.1, 0.15) is 0 Å². The van der Waals surface area contributed by atoms with E-state index in [2.05, 4.69) is 6.92 Å². The lowest BCUT2D eigenvalue weighted by atomic mass is 9.94. The van der Waals surface area contributed by atoms with Crippen LogP contribution in [0.4, 0.5) is 0 Å². The Hall–Kier alpha value is -0.160. The Balaban J connectivity index is 1.90. The first kappa shape index (κ1) is 14.9. The molecule has 0 aromatic rings. The van der Waals surface area contributed by atoms with Crippen LogP contribution in [0, 0.1) is 5.92 Å². The van der Waals surface area contributed by atoms with Gasteiger partial charge in [-0.2, -0.15) is 0 Å². The van der Waals surface area contributed by atoms with Gasteiger partial charge in [0.25, 0.3) is 0 Å². The molecule has 1 aliphatic carbocycles. The standard InChI is InChI=1S/C13H27NO3/c1-12-3-4-13(14,11-12)5-6-16-9-10-17-8-7-15-2/h12H,3-11,14H2,1-2H3. The highest BCUT2D eigenvalue weighted by Gasteiger charge is 2.32. The number of hydrogen-bond donors (Lipinski definition) is 1. The van der Waals surface area contributed by atoms with E-state index >= 15 is 0 Å². The van der Waals surface area contributed by atoms with Gasteiger partial charge < -0.3 is 19.9 Å². The fraction of sp³-hybridized carbons (Fsp3) is 1.00. The molecule has 4 heteroatoms. The van der Waals surface area contributed by atoms with Crippen LogP contribution < -0.4 is 5.73 Å². The molecule has 0 spiro atoms. The van der Waals surface area contributed by atoms with Gasteiger partial charge >= 0.3 is 0 Å². The van der Waals surface area contributed by atoms with Gasteiger partial charge in [0.15, 0.2) is 0 Å². The third-order valence-corrected chi connectivity index (χ3v) is 3.44. The molecular weight excluding hydrogens is 218 g/mol. The van der Waals surface area contributed by atoms with Gasteiger partial charge in [-0.05, 0) is 31.6 Å². The van der Waals surface area contributed by atoms with Crippen LogP contribution in [0.25, 0.3) is 0 Å². The van der Waals surface area contributed by atoms with E-state index in [1.54, 1.807) is 7.11 Å². The molecular formula is C13H27NO3. The van der Waals surface area contributed by atoms with Gasteiger partial charge in [0, 0.05) is 19.3 Å². The van der Waals surface area contributed by atoms with Crippen molar-refractivity contribution in [3.8, 4) is 0 Å². The molecule has 1 fully saturated rings. The van der Waals surface area contributed by atoms with Crippen molar-refractivity contribution in [2.75, 3.05) is 40.1 Å². The van der Waals surface area contributed by atoms with Gasteiger partial charge in [-0.3, -0.25) is 0 Å². The molecule has 4 nitrogen and oxygen atoms in total. The summed E-state index contributed by atoms with van der Waals surface area (Å²) in [7, 11) is 1.67. The van der Waals surface area contributed by atoms with Crippen LogP contribution in [0.5, 0.6) is 0 Å². The minimum Gasteiger partial charge on any atom is -0.382 e. The lowest BCUT2D eigenvalue weighted by Gasteiger charge is -2.23. The molecule has 2 atom stereocenters. The number of rotatable bonds is 9. The Labute approximate surface area is 105 Å². The van der Waals surface area contributed by atoms with Crippen LogP contribution in [0.2, 0.25) is 0 Å². The molecule has 2 N–H and O–H groups in total. The van der Waals surface area contributed by atoms with Crippen LogP contribution in [-0.4, -0.2) is 45.7 Å². The Kier molecular flexibility index (Phi) is 7.04. The van der Waals surface area contributed by atoms with E-state index in [1.165, 1.54) is 6.42 Å². The highest BCUT2D eigenvalue weighted by atomic mass is 16.5. The van der Waals surface area contributed by atoms with Crippen LogP contribution in [0.3, 0.4) is 0 Å². The third-order valence-electron chi connectivity index (χ3n) is 3.44. The van der Waals surface area contributed by atoms with E-state index in [4.69, 9.17) is 19.9 Å². The van der Waals surface area contributed by atoms with Gasteiger partial charge in [0.05, 0.1) is 26.4 Å². The zero-order chi connectivity index (χ0) is 12.6. The quantitative estimate of drug-likeness (QED) is 0.627. The molecule has 0 aromatic heterocycles. The minimum absolute atomic E-state index is 0.0241. The summed E-state index contributed by atoms with van der Waals surface area (Å²) < 4.78 is 15.7. The van der Waals surface area contributed by atoms with E-state index < -0.39 is 0 Å². The van der Waals surface area contributed by atoms with Crippen LogP contribution in [0.1, 0.15) is 32.6 Å².